The number of aryl methyl sites for hydroxylation is 3. The molecule has 9 heteroatoms. The fraction of sp³-hybridized carbons (Fsp3) is 0.143. The summed E-state index contributed by atoms with van der Waals surface area (Å²) in [7, 11) is 1.85. The third-order valence-electron chi connectivity index (χ3n) is 4.99. The van der Waals surface area contributed by atoms with Crippen LogP contribution in [0.5, 0.6) is 0 Å². The van der Waals surface area contributed by atoms with Gasteiger partial charge in [0.2, 0.25) is 0 Å². The van der Waals surface area contributed by atoms with Gasteiger partial charge in [0.25, 0.3) is 11.5 Å². The van der Waals surface area contributed by atoms with Crippen molar-refractivity contribution < 1.29 is 4.79 Å². The van der Waals surface area contributed by atoms with E-state index in [1.54, 1.807) is 10.7 Å². The molecular formula is C21H17N5O2S2. The van der Waals surface area contributed by atoms with Crippen LogP contribution in [0.1, 0.15) is 20.2 Å². The van der Waals surface area contributed by atoms with E-state index >= 15 is 0 Å². The maximum Gasteiger partial charge on any atom is 0.281 e. The average molecular weight is 436 g/mol. The zero-order valence-electron chi connectivity index (χ0n) is 16.5. The van der Waals surface area contributed by atoms with Gasteiger partial charge < -0.3 is 0 Å². The summed E-state index contributed by atoms with van der Waals surface area (Å²) in [5.41, 5.74) is 5.07. The molecule has 0 saturated carbocycles. The van der Waals surface area contributed by atoms with Gasteiger partial charge in [-0.3, -0.25) is 19.7 Å². The van der Waals surface area contributed by atoms with E-state index < -0.39 is 0 Å². The number of aromatic nitrogens is 4. The predicted molar refractivity (Wildman–Crippen MR) is 121 cm³/mol. The van der Waals surface area contributed by atoms with Gasteiger partial charge in [0.15, 0.2) is 0 Å². The molecule has 0 aliphatic carbocycles. The Morgan fingerprint density at radius 2 is 1.90 bits per heavy atom. The van der Waals surface area contributed by atoms with Crippen LogP contribution in [-0.2, 0) is 7.05 Å². The monoisotopic (exact) mass is 435 g/mol. The standard InChI is InChI=1S/C21H17N5O2S2/c1-11-14-9-15(30-21(14)25(3)23-11)18(27)24-26-10-22-19-17(20(26)28)16(12(2)29-19)13-7-5-4-6-8-13/h4-10H,1-3H3,(H,24,27). The highest BCUT2D eigenvalue weighted by molar-refractivity contribution is 7.20. The fourth-order valence-corrected chi connectivity index (χ4v) is 5.63. The van der Waals surface area contributed by atoms with Crippen molar-refractivity contribution in [3.63, 3.8) is 0 Å². The van der Waals surface area contributed by atoms with Crippen molar-refractivity contribution in [2.45, 2.75) is 13.8 Å². The first-order valence-corrected chi connectivity index (χ1v) is 10.9. The summed E-state index contributed by atoms with van der Waals surface area (Å²) in [6, 6.07) is 11.6. The van der Waals surface area contributed by atoms with E-state index in [1.165, 1.54) is 33.7 Å². The Morgan fingerprint density at radius 1 is 1.13 bits per heavy atom. The molecular weight excluding hydrogens is 418 g/mol. The first-order valence-electron chi connectivity index (χ1n) is 9.24. The topological polar surface area (TPSA) is 81.8 Å². The van der Waals surface area contributed by atoms with E-state index in [0.29, 0.717) is 15.1 Å². The molecule has 1 amide bonds. The largest absolute Gasteiger partial charge is 0.281 e. The zero-order valence-corrected chi connectivity index (χ0v) is 18.1. The third kappa shape index (κ3) is 2.86. The second-order valence-corrected chi connectivity index (χ2v) is 9.21. The van der Waals surface area contributed by atoms with Crippen LogP contribution in [0, 0.1) is 13.8 Å². The van der Waals surface area contributed by atoms with Crippen LogP contribution in [0.25, 0.3) is 31.6 Å². The van der Waals surface area contributed by atoms with Crippen molar-refractivity contribution in [3.8, 4) is 11.1 Å². The maximum atomic E-state index is 13.2. The molecule has 30 heavy (non-hydrogen) atoms. The van der Waals surface area contributed by atoms with Crippen molar-refractivity contribution in [2.75, 3.05) is 5.43 Å². The van der Waals surface area contributed by atoms with Gasteiger partial charge in [-0.05, 0) is 25.5 Å². The van der Waals surface area contributed by atoms with E-state index in [4.69, 9.17) is 0 Å². The van der Waals surface area contributed by atoms with E-state index in [9.17, 15) is 9.59 Å². The normalized spacial score (nSPS) is 11.4. The number of nitrogens with one attached hydrogen (secondary N) is 1. The molecule has 0 radical (unpaired) electrons. The Labute approximate surface area is 179 Å². The number of amides is 1. The molecule has 0 atom stereocenters. The number of benzene rings is 1. The SMILES string of the molecule is Cc1sc2ncn(NC(=O)c3cc4c(C)nn(C)c4s3)c(=O)c2c1-c1ccccc1. The zero-order chi connectivity index (χ0) is 21.0. The van der Waals surface area contributed by atoms with Gasteiger partial charge in [-0.2, -0.15) is 5.10 Å². The van der Waals surface area contributed by atoms with Gasteiger partial charge in [0, 0.05) is 22.9 Å². The molecule has 7 nitrogen and oxygen atoms in total. The number of hydrogen-bond acceptors (Lipinski definition) is 6. The minimum absolute atomic E-state index is 0.296. The summed E-state index contributed by atoms with van der Waals surface area (Å²) in [6.45, 7) is 3.88. The Bertz CT molecular complexity index is 1460. The van der Waals surface area contributed by atoms with E-state index in [1.807, 2.05) is 51.2 Å². The maximum absolute atomic E-state index is 13.2. The molecule has 5 rings (SSSR count). The lowest BCUT2D eigenvalue weighted by atomic mass is 10.0. The second kappa shape index (κ2) is 6.89. The molecule has 0 spiro atoms. The number of carbonyl (C=O) groups excluding carboxylic acids is 1. The Hall–Kier alpha value is -3.30. The van der Waals surface area contributed by atoms with E-state index in [-0.39, 0.29) is 11.5 Å². The van der Waals surface area contributed by atoms with Gasteiger partial charge in [-0.15, -0.1) is 22.7 Å². The minimum Gasteiger partial charge on any atom is -0.267 e. The fourth-order valence-electron chi connectivity index (χ4n) is 3.62. The van der Waals surface area contributed by atoms with Crippen molar-refractivity contribution in [1.29, 1.82) is 0 Å². The molecule has 5 aromatic rings. The Morgan fingerprint density at radius 3 is 2.63 bits per heavy atom. The molecule has 4 aromatic heterocycles. The molecule has 4 heterocycles. The van der Waals surface area contributed by atoms with Crippen molar-refractivity contribution in [3.05, 3.63) is 68.5 Å². The summed E-state index contributed by atoms with van der Waals surface area (Å²) >= 11 is 2.81. The molecule has 1 aromatic carbocycles. The minimum atomic E-state index is -0.355. The highest BCUT2D eigenvalue weighted by atomic mass is 32.1. The van der Waals surface area contributed by atoms with Crippen LogP contribution in [0.4, 0.5) is 0 Å². The summed E-state index contributed by atoms with van der Waals surface area (Å²) in [6.07, 6.45) is 1.37. The highest BCUT2D eigenvalue weighted by Gasteiger charge is 2.19. The number of rotatable bonds is 3. The van der Waals surface area contributed by atoms with Crippen LogP contribution in [0.15, 0.2) is 47.5 Å². The van der Waals surface area contributed by atoms with E-state index in [0.717, 1.165) is 31.9 Å². The van der Waals surface area contributed by atoms with Crippen LogP contribution in [-0.4, -0.2) is 25.3 Å². The summed E-state index contributed by atoms with van der Waals surface area (Å²) < 4.78 is 2.92. The van der Waals surface area contributed by atoms with Crippen LogP contribution in [0.3, 0.4) is 0 Å². The number of nitrogens with zero attached hydrogens (tertiary/aromatic N) is 4. The summed E-state index contributed by atoms with van der Waals surface area (Å²) in [4.78, 5) is 33.6. The lowest BCUT2D eigenvalue weighted by molar-refractivity contribution is 0.101. The van der Waals surface area contributed by atoms with Crippen molar-refractivity contribution in [1.82, 2.24) is 19.4 Å². The highest BCUT2D eigenvalue weighted by Crippen LogP contribution is 2.35. The number of fused-ring (bicyclic) bond motifs is 2. The molecule has 0 aliphatic heterocycles. The van der Waals surface area contributed by atoms with Crippen LogP contribution in [0.2, 0.25) is 0 Å². The second-order valence-electron chi connectivity index (χ2n) is 6.98. The van der Waals surface area contributed by atoms with Gasteiger partial charge in [0.05, 0.1) is 16.0 Å². The molecule has 0 aliphatic rings. The van der Waals surface area contributed by atoms with Crippen LogP contribution < -0.4 is 11.0 Å². The third-order valence-corrected chi connectivity index (χ3v) is 7.21. The van der Waals surface area contributed by atoms with Gasteiger partial charge >= 0.3 is 0 Å². The number of hydrogen-bond donors (Lipinski definition) is 1. The molecule has 0 bridgehead atoms. The Kier molecular flexibility index (Phi) is 4.30. The van der Waals surface area contributed by atoms with Crippen LogP contribution >= 0.6 is 22.7 Å². The summed E-state index contributed by atoms with van der Waals surface area (Å²) in [5, 5.41) is 5.81. The number of carbonyl (C=O) groups is 1. The molecule has 0 fully saturated rings. The molecule has 1 N–H and O–H groups in total. The lowest BCUT2D eigenvalue weighted by Crippen LogP contribution is -2.32. The molecule has 0 saturated heterocycles. The summed E-state index contributed by atoms with van der Waals surface area (Å²) in [5.74, 6) is -0.355. The Balaban J connectivity index is 1.57. The van der Waals surface area contributed by atoms with E-state index in [2.05, 4.69) is 15.5 Å². The average Bonchev–Trinajstić information content (AvgIpc) is 3.39. The quantitative estimate of drug-likeness (QED) is 0.463. The van der Waals surface area contributed by atoms with Gasteiger partial charge in [-0.1, -0.05) is 30.3 Å². The predicted octanol–water partition coefficient (Wildman–Crippen LogP) is 4.07. The van der Waals surface area contributed by atoms with Gasteiger partial charge in [0.1, 0.15) is 16.0 Å². The van der Waals surface area contributed by atoms with Gasteiger partial charge in [-0.25, -0.2) is 9.66 Å². The smallest absolute Gasteiger partial charge is 0.267 e. The first-order chi connectivity index (χ1) is 14.4. The number of thiophene rings is 2. The lowest BCUT2D eigenvalue weighted by Gasteiger charge is -2.07. The molecule has 0 unspecified atom stereocenters. The van der Waals surface area contributed by atoms with Crippen molar-refractivity contribution in [2.24, 2.45) is 7.05 Å². The molecule has 150 valence electrons. The first kappa shape index (κ1) is 18.7. The van der Waals surface area contributed by atoms with Crippen molar-refractivity contribution >= 4 is 49.0 Å².